The van der Waals surface area contributed by atoms with Crippen molar-refractivity contribution in [1.82, 2.24) is 20.2 Å². The van der Waals surface area contributed by atoms with Crippen molar-refractivity contribution in [2.45, 2.75) is 18.9 Å². The van der Waals surface area contributed by atoms with E-state index in [0.29, 0.717) is 32.1 Å². The molecule has 0 saturated carbocycles. The van der Waals surface area contributed by atoms with Gasteiger partial charge >= 0.3 is 0 Å². The van der Waals surface area contributed by atoms with Crippen molar-refractivity contribution in [3.8, 4) is 0 Å². The third-order valence-corrected chi connectivity index (χ3v) is 4.82. The van der Waals surface area contributed by atoms with Crippen LogP contribution in [-0.4, -0.2) is 72.6 Å². The molecule has 1 aromatic rings. The molecule has 3 rings (SSSR count). The summed E-state index contributed by atoms with van der Waals surface area (Å²) in [5.41, 5.74) is 0. The van der Waals surface area contributed by atoms with Crippen LogP contribution in [-0.2, 0) is 4.79 Å². The molecule has 27 heavy (non-hydrogen) atoms. The van der Waals surface area contributed by atoms with Crippen LogP contribution in [0.1, 0.15) is 12.8 Å². The molecule has 0 aliphatic carbocycles. The molecule has 2 saturated heterocycles. The highest BCUT2D eigenvalue weighted by Gasteiger charge is 2.29. The van der Waals surface area contributed by atoms with Crippen LogP contribution in [0.4, 0.5) is 17.6 Å². The summed E-state index contributed by atoms with van der Waals surface area (Å²) in [4.78, 5) is 25.8. The third-order valence-electron chi connectivity index (χ3n) is 4.82. The van der Waals surface area contributed by atoms with Crippen molar-refractivity contribution in [3.63, 3.8) is 0 Å². The first-order valence-electron chi connectivity index (χ1n) is 9.57. The van der Waals surface area contributed by atoms with Gasteiger partial charge in [-0.05, 0) is 19.4 Å². The molecule has 0 aromatic carbocycles. The van der Waals surface area contributed by atoms with E-state index in [4.69, 9.17) is 0 Å². The fraction of sp³-hybridized carbons (Fsp3) is 0.526. The fourth-order valence-electron chi connectivity index (χ4n) is 3.38. The van der Waals surface area contributed by atoms with E-state index in [9.17, 15) is 4.79 Å². The molecule has 3 N–H and O–H groups in total. The molecule has 0 bridgehead atoms. The highest BCUT2D eigenvalue weighted by Crippen LogP contribution is 2.20. The molecule has 1 atom stereocenters. The topological polar surface area (TPSA) is 85.4 Å². The highest BCUT2D eigenvalue weighted by molar-refractivity contribution is 5.82. The average Bonchev–Trinajstić information content (AvgIpc) is 3.25. The quantitative estimate of drug-likeness (QED) is 0.590. The number of aromatic nitrogens is 2. The lowest BCUT2D eigenvalue weighted by atomic mass is 10.2. The number of rotatable bonds is 8. The Hall–Kier alpha value is -2.61. The Morgan fingerprint density at radius 3 is 2.59 bits per heavy atom. The van der Waals surface area contributed by atoms with E-state index < -0.39 is 0 Å². The van der Waals surface area contributed by atoms with Crippen molar-refractivity contribution in [3.05, 3.63) is 31.4 Å². The van der Waals surface area contributed by atoms with Crippen LogP contribution in [0.3, 0.4) is 0 Å². The van der Waals surface area contributed by atoms with Crippen molar-refractivity contribution < 1.29 is 4.79 Å². The van der Waals surface area contributed by atoms with E-state index in [1.54, 1.807) is 12.2 Å². The number of anilines is 3. The number of piperazine rings is 1. The normalized spacial score (nSPS) is 19.6. The first kappa shape index (κ1) is 19.2. The van der Waals surface area contributed by atoms with Gasteiger partial charge in [0, 0.05) is 45.3 Å². The second-order valence-corrected chi connectivity index (χ2v) is 6.74. The van der Waals surface area contributed by atoms with E-state index in [0.717, 1.165) is 44.1 Å². The van der Waals surface area contributed by atoms with Crippen LogP contribution in [0, 0.1) is 0 Å². The monoisotopic (exact) mass is 371 g/mol. The first-order valence-corrected chi connectivity index (χ1v) is 9.57. The molecule has 1 aromatic heterocycles. The SMILES string of the molecule is C=CCNc1cc(N2CCN(C(=O)C3CCCN3)CC2)nc(NCC=C)n1. The molecule has 0 radical (unpaired) electrons. The zero-order chi connectivity index (χ0) is 19.1. The lowest BCUT2D eigenvalue weighted by Gasteiger charge is -2.36. The van der Waals surface area contributed by atoms with E-state index in [1.807, 2.05) is 11.0 Å². The summed E-state index contributed by atoms with van der Waals surface area (Å²) < 4.78 is 0. The van der Waals surface area contributed by atoms with Gasteiger partial charge in [0.15, 0.2) is 0 Å². The summed E-state index contributed by atoms with van der Waals surface area (Å²) in [6.07, 6.45) is 5.59. The minimum atomic E-state index is 0.0000113. The minimum Gasteiger partial charge on any atom is -0.366 e. The standard InChI is InChI=1S/C19H29N7O/c1-3-7-21-16-14-17(24-19(23-16)22-8-4-2)25-10-12-26(13-11-25)18(27)15-6-5-9-20-15/h3-4,14-15,20H,1-2,5-13H2,(H2,21,22,23,24). The Morgan fingerprint density at radius 2 is 1.93 bits per heavy atom. The Bertz CT molecular complexity index is 634. The summed E-state index contributed by atoms with van der Waals surface area (Å²) in [6, 6.07) is 1.94. The molecule has 2 fully saturated rings. The summed E-state index contributed by atoms with van der Waals surface area (Å²) >= 11 is 0. The van der Waals surface area contributed by atoms with Gasteiger partial charge in [0.1, 0.15) is 11.6 Å². The van der Waals surface area contributed by atoms with Gasteiger partial charge in [0.25, 0.3) is 0 Å². The number of amides is 1. The second-order valence-electron chi connectivity index (χ2n) is 6.74. The van der Waals surface area contributed by atoms with Crippen molar-refractivity contribution in [1.29, 1.82) is 0 Å². The van der Waals surface area contributed by atoms with E-state index >= 15 is 0 Å². The van der Waals surface area contributed by atoms with Crippen molar-refractivity contribution >= 4 is 23.5 Å². The number of nitrogens with one attached hydrogen (secondary N) is 3. The van der Waals surface area contributed by atoms with Gasteiger partial charge in [-0.2, -0.15) is 9.97 Å². The predicted molar refractivity (Wildman–Crippen MR) is 109 cm³/mol. The summed E-state index contributed by atoms with van der Waals surface area (Å²) in [5, 5.41) is 9.66. The number of carbonyl (C=O) groups is 1. The van der Waals surface area contributed by atoms with Gasteiger partial charge in [-0.15, -0.1) is 13.2 Å². The van der Waals surface area contributed by atoms with Crippen LogP contribution >= 0.6 is 0 Å². The first-order chi connectivity index (χ1) is 13.2. The molecule has 2 aliphatic heterocycles. The van der Waals surface area contributed by atoms with E-state index in [1.165, 1.54) is 0 Å². The van der Waals surface area contributed by atoms with Crippen molar-refractivity contribution in [2.24, 2.45) is 0 Å². The van der Waals surface area contributed by atoms with Crippen LogP contribution in [0.15, 0.2) is 31.4 Å². The molecule has 0 spiro atoms. The Labute approximate surface area is 160 Å². The maximum Gasteiger partial charge on any atom is 0.239 e. The number of hydrogen-bond donors (Lipinski definition) is 3. The molecule has 2 aliphatic rings. The Balaban J connectivity index is 1.65. The van der Waals surface area contributed by atoms with Crippen molar-refractivity contribution in [2.75, 3.05) is 61.3 Å². The van der Waals surface area contributed by atoms with Gasteiger partial charge in [-0.3, -0.25) is 4.79 Å². The maximum absolute atomic E-state index is 12.6. The maximum atomic E-state index is 12.6. The predicted octanol–water partition coefficient (Wildman–Crippen LogP) is 1.07. The largest absolute Gasteiger partial charge is 0.366 e. The highest BCUT2D eigenvalue weighted by atomic mass is 16.2. The van der Waals surface area contributed by atoms with Crippen LogP contribution < -0.4 is 20.9 Å². The fourth-order valence-corrected chi connectivity index (χ4v) is 3.38. The number of nitrogens with zero attached hydrogens (tertiary/aromatic N) is 4. The minimum absolute atomic E-state index is 0.0000113. The molecule has 1 amide bonds. The summed E-state index contributed by atoms with van der Waals surface area (Å²) in [6.45, 7) is 12.6. The Morgan fingerprint density at radius 1 is 1.19 bits per heavy atom. The van der Waals surface area contributed by atoms with E-state index in [-0.39, 0.29) is 11.9 Å². The number of carbonyl (C=O) groups excluding carboxylic acids is 1. The van der Waals surface area contributed by atoms with Crippen LogP contribution in [0.25, 0.3) is 0 Å². The third kappa shape index (κ3) is 4.97. The number of hydrogen-bond acceptors (Lipinski definition) is 7. The Kier molecular flexibility index (Phi) is 6.64. The average molecular weight is 371 g/mol. The zero-order valence-corrected chi connectivity index (χ0v) is 15.8. The summed E-state index contributed by atoms with van der Waals surface area (Å²) in [5.74, 6) is 2.40. The summed E-state index contributed by atoms with van der Waals surface area (Å²) in [7, 11) is 0. The zero-order valence-electron chi connectivity index (χ0n) is 15.8. The lowest BCUT2D eigenvalue weighted by molar-refractivity contribution is -0.133. The smallest absolute Gasteiger partial charge is 0.239 e. The lowest BCUT2D eigenvalue weighted by Crippen LogP contribution is -2.53. The molecule has 3 heterocycles. The van der Waals surface area contributed by atoms with Crippen LogP contribution in [0.2, 0.25) is 0 Å². The van der Waals surface area contributed by atoms with Gasteiger partial charge in [-0.25, -0.2) is 0 Å². The molecular formula is C19H29N7O. The second kappa shape index (κ2) is 9.36. The molecule has 146 valence electrons. The molecule has 1 unspecified atom stereocenters. The van der Waals surface area contributed by atoms with Gasteiger partial charge in [0.2, 0.25) is 11.9 Å². The molecule has 8 heteroatoms. The van der Waals surface area contributed by atoms with Gasteiger partial charge in [-0.1, -0.05) is 12.2 Å². The van der Waals surface area contributed by atoms with Crippen LogP contribution in [0.5, 0.6) is 0 Å². The molecule has 8 nitrogen and oxygen atoms in total. The van der Waals surface area contributed by atoms with Gasteiger partial charge < -0.3 is 25.8 Å². The van der Waals surface area contributed by atoms with E-state index in [2.05, 4.69) is 44.0 Å². The van der Waals surface area contributed by atoms with Gasteiger partial charge in [0.05, 0.1) is 6.04 Å². The molecular weight excluding hydrogens is 342 g/mol.